The van der Waals surface area contributed by atoms with Crippen molar-refractivity contribution >= 4 is 6.03 Å². The van der Waals surface area contributed by atoms with Gasteiger partial charge in [-0.05, 0) is 5.92 Å². The summed E-state index contributed by atoms with van der Waals surface area (Å²) in [6, 6.07) is -0.235. The molecule has 0 fully saturated rings. The molecule has 0 aliphatic rings. The number of rotatable bonds is 7. The van der Waals surface area contributed by atoms with Crippen molar-refractivity contribution in [1.29, 1.82) is 0 Å². The summed E-state index contributed by atoms with van der Waals surface area (Å²) in [4.78, 5) is 15.8. The molecule has 0 spiro atoms. The molecule has 0 saturated carbocycles. The quantitative estimate of drug-likeness (QED) is 0.691. The average Bonchev–Trinajstić information content (AvgIpc) is 2.81. The van der Waals surface area contributed by atoms with E-state index in [0.717, 1.165) is 5.82 Å². The van der Waals surface area contributed by atoms with Crippen LogP contribution in [0, 0.1) is 11.3 Å². The topological polar surface area (TPSA) is 92.1 Å². The van der Waals surface area contributed by atoms with Crippen molar-refractivity contribution in [3.63, 3.8) is 0 Å². The summed E-state index contributed by atoms with van der Waals surface area (Å²) in [6.45, 7) is 8.73. The lowest BCUT2D eigenvalue weighted by Crippen LogP contribution is -2.46. The average molecular weight is 297 g/mol. The van der Waals surface area contributed by atoms with Crippen LogP contribution in [-0.4, -0.2) is 45.1 Å². The molecule has 0 bridgehead atoms. The van der Waals surface area contributed by atoms with Gasteiger partial charge in [0, 0.05) is 32.0 Å². The van der Waals surface area contributed by atoms with Crippen LogP contribution in [0.15, 0.2) is 6.33 Å². The highest BCUT2D eigenvalue weighted by molar-refractivity contribution is 5.73. The van der Waals surface area contributed by atoms with Gasteiger partial charge in [-0.3, -0.25) is 4.68 Å². The fourth-order valence-electron chi connectivity index (χ4n) is 2.21. The molecule has 1 rings (SSSR count). The van der Waals surface area contributed by atoms with Gasteiger partial charge in [-0.15, -0.1) is 0 Å². The predicted molar refractivity (Wildman–Crippen MR) is 80.7 cm³/mol. The highest BCUT2D eigenvalue weighted by atomic mass is 16.3. The maximum atomic E-state index is 11.7. The number of nitrogens with zero attached hydrogens (tertiary/aromatic N) is 3. The van der Waals surface area contributed by atoms with Crippen molar-refractivity contribution in [2.45, 2.75) is 40.2 Å². The molecule has 7 nitrogen and oxygen atoms in total. The number of hydrogen-bond acceptors (Lipinski definition) is 4. The van der Waals surface area contributed by atoms with E-state index in [1.807, 2.05) is 34.7 Å². The first-order chi connectivity index (χ1) is 9.74. The highest BCUT2D eigenvalue weighted by Crippen LogP contribution is 2.24. The summed E-state index contributed by atoms with van der Waals surface area (Å²) < 4.78 is 1.68. The Hall–Kier alpha value is -1.63. The molecule has 0 aliphatic heterocycles. The summed E-state index contributed by atoms with van der Waals surface area (Å²) in [6.07, 6.45) is 1.66. The third-order valence-corrected chi connectivity index (χ3v) is 3.58. The summed E-state index contributed by atoms with van der Waals surface area (Å²) in [5, 5.41) is 19.7. The van der Waals surface area contributed by atoms with E-state index < -0.39 is 6.10 Å². The van der Waals surface area contributed by atoms with Crippen molar-refractivity contribution < 1.29 is 9.90 Å². The summed E-state index contributed by atoms with van der Waals surface area (Å²) in [5.41, 5.74) is -0.366. The zero-order chi connectivity index (χ0) is 16.0. The number of carbonyl (C=O) groups excluding carboxylic acids is 1. The Labute approximate surface area is 126 Å². The molecule has 0 radical (unpaired) electrons. The minimum absolute atomic E-state index is 0.153. The van der Waals surface area contributed by atoms with Crippen molar-refractivity contribution in [3.05, 3.63) is 12.2 Å². The van der Waals surface area contributed by atoms with Crippen LogP contribution in [0.2, 0.25) is 0 Å². The second-order valence-corrected chi connectivity index (χ2v) is 6.34. The maximum absolute atomic E-state index is 11.7. The molecule has 1 atom stereocenters. The van der Waals surface area contributed by atoms with Crippen LogP contribution < -0.4 is 10.6 Å². The molecule has 1 aromatic heterocycles. The highest BCUT2D eigenvalue weighted by Gasteiger charge is 2.30. The lowest BCUT2D eigenvalue weighted by molar-refractivity contribution is 0.0151. The van der Waals surface area contributed by atoms with Crippen LogP contribution in [0.3, 0.4) is 0 Å². The number of aryl methyl sites for hydroxylation is 1. The molecular weight excluding hydrogens is 270 g/mol. The Bertz CT molecular complexity index is 456. The van der Waals surface area contributed by atoms with Gasteiger partial charge in [0.2, 0.25) is 0 Å². The SMILES string of the molecule is CC(C)C(O)C(C)(C)CNC(=O)NCCc1ncnn1C. The number of aliphatic hydroxyl groups excluding tert-OH is 1. The van der Waals surface area contributed by atoms with E-state index in [1.165, 1.54) is 6.33 Å². The fraction of sp³-hybridized carbons (Fsp3) is 0.786. The van der Waals surface area contributed by atoms with Crippen molar-refractivity contribution in [2.75, 3.05) is 13.1 Å². The van der Waals surface area contributed by atoms with Gasteiger partial charge in [0.05, 0.1) is 6.10 Å². The van der Waals surface area contributed by atoms with Gasteiger partial charge < -0.3 is 15.7 Å². The first-order valence-corrected chi connectivity index (χ1v) is 7.26. The van der Waals surface area contributed by atoms with Crippen molar-refractivity contribution in [1.82, 2.24) is 25.4 Å². The molecule has 1 aromatic rings. The molecular formula is C14H27N5O2. The Morgan fingerprint density at radius 1 is 1.43 bits per heavy atom. The molecule has 1 unspecified atom stereocenters. The lowest BCUT2D eigenvalue weighted by Gasteiger charge is -2.33. The van der Waals surface area contributed by atoms with E-state index in [0.29, 0.717) is 19.5 Å². The van der Waals surface area contributed by atoms with Crippen LogP contribution >= 0.6 is 0 Å². The fourth-order valence-corrected chi connectivity index (χ4v) is 2.21. The first kappa shape index (κ1) is 17.4. The third-order valence-electron chi connectivity index (χ3n) is 3.58. The molecule has 0 aliphatic carbocycles. The van der Waals surface area contributed by atoms with E-state index in [2.05, 4.69) is 20.7 Å². The first-order valence-electron chi connectivity index (χ1n) is 7.26. The van der Waals surface area contributed by atoms with Crippen molar-refractivity contribution in [2.24, 2.45) is 18.4 Å². The van der Waals surface area contributed by atoms with Crippen LogP contribution in [0.25, 0.3) is 0 Å². The molecule has 2 amide bonds. The second-order valence-electron chi connectivity index (χ2n) is 6.34. The molecule has 0 aromatic carbocycles. The smallest absolute Gasteiger partial charge is 0.314 e. The van der Waals surface area contributed by atoms with E-state index in [4.69, 9.17) is 0 Å². The monoisotopic (exact) mass is 297 g/mol. The van der Waals surface area contributed by atoms with E-state index in [-0.39, 0.29) is 17.4 Å². The van der Waals surface area contributed by atoms with Gasteiger partial charge in [-0.2, -0.15) is 5.10 Å². The summed E-state index contributed by atoms with van der Waals surface area (Å²) in [5.74, 6) is 0.978. The number of carbonyl (C=O) groups is 1. The third kappa shape index (κ3) is 5.34. The molecule has 21 heavy (non-hydrogen) atoms. The number of nitrogens with one attached hydrogen (secondary N) is 2. The van der Waals surface area contributed by atoms with Gasteiger partial charge in [0.1, 0.15) is 12.2 Å². The summed E-state index contributed by atoms with van der Waals surface area (Å²) >= 11 is 0. The van der Waals surface area contributed by atoms with Gasteiger partial charge in [-0.1, -0.05) is 27.7 Å². The minimum atomic E-state index is -0.462. The van der Waals surface area contributed by atoms with E-state index in [1.54, 1.807) is 4.68 Å². The van der Waals surface area contributed by atoms with Gasteiger partial charge >= 0.3 is 6.03 Å². The van der Waals surface area contributed by atoms with E-state index >= 15 is 0 Å². The molecule has 0 saturated heterocycles. The van der Waals surface area contributed by atoms with Crippen LogP contribution in [0.1, 0.15) is 33.5 Å². The Kier molecular flexibility index (Phi) is 6.14. The zero-order valence-electron chi connectivity index (χ0n) is 13.6. The molecule has 3 N–H and O–H groups in total. The number of aromatic nitrogens is 3. The summed E-state index contributed by atoms with van der Waals surface area (Å²) in [7, 11) is 1.82. The van der Waals surface area contributed by atoms with E-state index in [9.17, 15) is 9.90 Å². The van der Waals surface area contributed by atoms with Gasteiger partial charge in [0.25, 0.3) is 0 Å². The molecule has 1 heterocycles. The second kappa shape index (κ2) is 7.40. The van der Waals surface area contributed by atoms with Crippen molar-refractivity contribution in [3.8, 4) is 0 Å². The van der Waals surface area contributed by atoms with Gasteiger partial charge in [-0.25, -0.2) is 9.78 Å². The molecule has 7 heteroatoms. The molecule has 120 valence electrons. The number of amides is 2. The van der Waals surface area contributed by atoms with Crippen LogP contribution in [0.5, 0.6) is 0 Å². The van der Waals surface area contributed by atoms with Gasteiger partial charge in [0.15, 0.2) is 0 Å². The number of aliphatic hydroxyl groups is 1. The Morgan fingerprint density at radius 3 is 2.62 bits per heavy atom. The van der Waals surface area contributed by atoms with Crippen LogP contribution in [-0.2, 0) is 13.5 Å². The number of urea groups is 1. The van der Waals surface area contributed by atoms with Crippen LogP contribution in [0.4, 0.5) is 4.79 Å². The minimum Gasteiger partial charge on any atom is -0.392 e. The number of hydrogen-bond donors (Lipinski definition) is 3. The zero-order valence-corrected chi connectivity index (χ0v) is 13.6. The normalized spacial score (nSPS) is 13.3. The Morgan fingerprint density at radius 2 is 2.10 bits per heavy atom. The standard InChI is InChI=1S/C14H27N5O2/c1-10(2)12(20)14(3,4)8-16-13(21)15-7-6-11-17-9-18-19(11)5/h9-10,12,20H,6-8H2,1-5H3,(H2,15,16,21). The predicted octanol–water partition coefficient (Wildman–Crippen LogP) is 0.700. The Balaban J connectivity index is 2.29. The largest absolute Gasteiger partial charge is 0.392 e. The lowest BCUT2D eigenvalue weighted by atomic mass is 9.81. The maximum Gasteiger partial charge on any atom is 0.314 e.